The minimum atomic E-state index is -0.749. The molecular formula is C20H25N3O3. The maximum Gasteiger partial charge on any atom is 0.308 e. The van der Waals surface area contributed by atoms with Crippen molar-refractivity contribution in [2.45, 2.75) is 12.5 Å². The van der Waals surface area contributed by atoms with Crippen LogP contribution in [0.1, 0.15) is 17.0 Å². The number of rotatable bonds is 6. The Morgan fingerprint density at radius 2 is 2.12 bits per heavy atom. The second kappa shape index (κ2) is 7.74. The minimum Gasteiger partial charge on any atom is -0.497 e. The van der Waals surface area contributed by atoms with Crippen LogP contribution in [0.25, 0.3) is 0 Å². The van der Waals surface area contributed by atoms with Gasteiger partial charge < -0.3 is 14.7 Å². The highest BCUT2D eigenvalue weighted by molar-refractivity contribution is 5.72. The standard InChI is InChI=1S/C20H25N3O3/c1-22(2)19-8-7-14(10-21-19)11-23-12-17(18(13-23)20(24)25)15-5-4-6-16(9-15)26-3/h4-10,17-18H,11-13H2,1-3H3,(H,24,25)/t17-,18+/m1/s1. The zero-order valence-corrected chi connectivity index (χ0v) is 15.4. The van der Waals surface area contributed by atoms with Crippen LogP contribution in [-0.4, -0.2) is 55.3 Å². The van der Waals surface area contributed by atoms with Gasteiger partial charge in [0.05, 0.1) is 13.0 Å². The Bertz CT molecular complexity index is 761. The summed E-state index contributed by atoms with van der Waals surface area (Å²) in [5.41, 5.74) is 2.10. The topological polar surface area (TPSA) is 65.9 Å². The molecule has 0 spiro atoms. The fourth-order valence-electron chi connectivity index (χ4n) is 3.51. The number of likely N-dealkylation sites (tertiary alicyclic amines) is 1. The van der Waals surface area contributed by atoms with E-state index >= 15 is 0 Å². The Labute approximate surface area is 154 Å². The second-order valence-electron chi connectivity index (χ2n) is 6.94. The predicted octanol–water partition coefficient (Wildman–Crippen LogP) is 2.46. The number of hydrogen-bond donors (Lipinski definition) is 1. The van der Waals surface area contributed by atoms with E-state index in [1.54, 1.807) is 7.11 Å². The lowest BCUT2D eigenvalue weighted by Crippen LogP contribution is -2.23. The van der Waals surface area contributed by atoms with Crippen molar-refractivity contribution >= 4 is 11.8 Å². The van der Waals surface area contributed by atoms with Crippen LogP contribution >= 0.6 is 0 Å². The quantitative estimate of drug-likeness (QED) is 0.859. The molecule has 138 valence electrons. The van der Waals surface area contributed by atoms with Crippen molar-refractivity contribution in [3.05, 3.63) is 53.7 Å². The summed E-state index contributed by atoms with van der Waals surface area (Å²) in [6.07, 6.45) is 1.87. The number of ether oxygens (including phenoxy) is 1. The molecule has 2 atom stereocenters. The Morgan fingerprint density at radius 1 is 1.31 bits per heavy atom. The summed E-state index contributed by atoms with van der Waals surface area (Å²) in [4.78, 5) is 20.4. The molecule has 3 rings (SSSR count). The van der Waals surface area contributed by atoms with Crippen LogP contribution in [0.5, 0.6) is 5.75 Å². The first kappa shape index (κ1) is 18.2. The van der Waals surface area contributed by atoms with Gasteiger partial charge in [-0.25, -0.2) is 4.98 Å². The zero-order valence-electron chi connectivity index (χ0n) is 15.4. The van der Waals surface area contributed by atoms with Gasteiger partial charge in [0.15, 0.2) is 0 Å². The number of carbonyl (C=O) groups is 1. The van der Waals surface area contributed by atoms with Crippen molar-refractivity contribution in [3.63, 3.8) is 0 Å². The molecule has 0 saturated carbocycles. The summed E-state index contributed by atoms with van der Waals surface area (Å²) in [5.74, 6) is 0.454. The number of carboxylic acid groups (broad SMARTS) is 1. The van der Waals surface area contributed by atoms with Gasteiger partial charge in [-0.1, -0.05) is 18.2 Å². The zero-order chi connectivity index (χ0) is 18.7. The van der Waals surface area contributed by atoms with Crippen LogP contribution in [-0.2, 0) is 11.3 Å². The van der Waals surface area contributed by atoms with Crippen LogP contribution in [0.3, 0.4) is 0 Å². The van der Waals surface area contributed by atoms with Crippen LogP contribution in [0.15, 0.2) is 42.6 Å². The average molecular weight is 355 g/mol. The fourth-order valence-corrected chi connectivity index (χ4v) is 3.51. The average Bonchev–Trinajstić information content (AvgIpc) is 3.06. The third-order valence-electron chi connectivity index (χ3n) is 4.91. The molecular weight excluding hydrogens is 330 g/mol. The Balaban J connectivity index is 1.75. The highest BCUT2D eigenvalue weighted by atomic mass is 16.5. The first-order valence-electron chi connectivity index (χ1n) is 8.69. The molecule has 2 aromatic rings. The molecule has 0 amide bonds. The Hall–Kier alpha value is -2.60. The molecule has 6 heteroatoms. The summed E-state index contributed by atoms with van der Waals surface area (Å²) >= 11 is 0. The van der Waals surface area contributed by atoms with Gasteiger partial charge in [-0.15, -0.1) is 0 Å². The van der Waals surface area contributed by atoms with Gasteiger partial charge in [-0.3, -0.25) is 9.69 Å². The van der Waals surface area contributed by atoms with Gasteiger partial charge in [-0.2, -0.15) is 0 Å². The van der Waals surface area contributed by atoms with Gasteiger partial charge in [-0.05, 0) is 29.3 Å². The number of pyridine rings is 1. The molecule has 1 saturated heterocycles. The van der Waals surface area contributed by atoms with E-state index in [-0.39, 0.29) is 5.92 Å². The maximum atomic E-state index is 11.8. The number of aromatic nitrogens is 1. The normalized spacial score (nSPS) is 20.1. The van der Waals surface area contributed by atoms with Gasteiger partial charge in [0, 0.05) is 45.8 Å². The molecule has 2 heterocycles. The number of carboxylic acids is 1. The molecule has 1 aliphatic heterocycles. The van der Waals surface area contributed by atoms with Gasteiger partial charge in [0.1, 0.15) is 11.6 Å². The van der Waals surface area contributed by atoms with E-state index in [1.807, 2.05) is 55.5 Å². The van der Waals surface area contributed by atoms with Crippen molar-refractivity contribution < 1.29 is 14.6 Å². The van der Waals surface area contributed by atoms with Crippen LogP contribution in [0.2, 0.25) is 0 Å². The van der Waals surface area contributed by atoms with Crippen molar-refractivity contribution in [1.29, 1.82) is 0 Å². The number of aliphatic carboxylic acids is 1. The van der Waals surface area contributed by atoms with Crippen LogP contribution in [0.4, 0.5) is 5.82 Å². The number of hydrogen-bond acceptors (Lipinski definition) is 5. The lowest BCUT2D eigenvalue weighted by Gasteiger charge is -2.17. The van der Waals surface area contributed by atoms with E-state index in [0.29, 0.717) is 19.6 Å². The molecule has 1 aromatic carbocycles. The number of anilines is 1. The minimum absolute atomic E-state index is 0.0448. The SMILES string of the molecule is COc1cccc([C@H]2CN(Cc3ccc(N(C)C)nc3)C[C@@H]2C(=O)O)c1. The second-order valence-corrected chi connectivity index (χ2v) is 6.94. The van der Waals surface area contributed by atoms with Crippen molar-refractivity contribution in [2.75, 3.05) is 39.2 Å². The van der Waals surface area contributed by atoms with E-state index < -0.39 is 11.9 Å². The summed E-state index contributed by atoms with van der Waals surface area (Å²) in [5, 5.41) is 9.68. The number of nitrogens with zero attached hydrogens (tertiary/aromatic N) is 3. The maximum absolute atomic E-state index is 11.8. The number of benzene rings is 1. The third-order valence-corrected chi connectivity index (χ3v) is 4.91. The first-order chi connectivity index (χ1) is 12.5. The predicted molar refractivity (Wildman–Crippen MR) is 101 cm³/mol. The van der Waals surface area contributed by atoms with E-state index in [9.17, 15) is 9.90 Å². The Kier molecular flexibility index (Phi) is 5.42. The van der Waals surface area contributed by atoms with Crippen molar-refractivity contribution in [2.24, 2.45) is 5.92 Å². The third kappa shape index (κ3) is 3.96. The molecule has 26 heavy (non-hydrogen) atoms. The van der Waals surface area contributed by atoms with Crippen LogP contribution < -0.4 is 9.64 Å². The summed E-state index contributed by atoms with van der Waals surface area (Å²) in [6.45, 7) is 1.94. The molecule has 1 fully saturated rings. The smallest absolute Gasteiger partial charge is 0.308 e. The molecule has 0 radical (unpaired) electrons. The molecule has 0 aliphatic carbocycles. The lowest BCUT2D eigenvalue weighted by atomic mass is 9.89. The molecule has 6 nitrogen and oxygen atoms in total. The molecule has 0 unspecified atom stereocenters. The van der Waals surface area contributed by atoms with Crippen LogP contribution in [0, 0.1) is 5.92 Å². The molecule has 1 aliphatic rings. The first-order valence-corrected chi connectivity index (χ1v) is 8.69. The highest BCUT2D eigenvalue weighted by Crippen LogP contribution is 2.35. The fraction of sp³-hybridized carbons (Fsp3) is 0.400. The highest BCUT2D eigenvalue weighted by Gasteiger charge is 2.38. The molecule has 1 aromatic heterocycles. The van der Waals surface area contributed by atoms with Crippen molar-refractivity contribution in [1.82, 2.24) is 9.88 Å². The largest absolute Gasteiger partial charge is 0.497 e. The van der Waals surface area contributed by atoms with Gasteiger partial charge in [0.2, 0.25) is 0 Å². The molecule has 0 bridgehead atoms. The lowest BCUT2D eigenvalue weighted by molar-refractivity contribution is -0.141. The van der Waals surface area contributed by atoms with E-state index in [2.05, 4.69) is 16.0 Å². The number of methoxy groups -OCH3 is 1. The van der Waals surface area contributed by atoms with Gasteiger partial charge >= 0.3 is 5.97 Å². The summed E-state index contributed by atoms with van der Waals surface area (Å²) in [7, 11) is 5.54. The van der Waals surface area contributed by atoms with E-state index in [4.69, 9.17) is 4.74 Å². The van der Waals surface area contributed by atoms with Crippen molar-refractivity contribution in [3.8, 4) is 5.75 Å². The Morgan fingerprint density at radius 3 is 2.73 bits per heavy atom. The summed E-state index contributed by atoms with van der Waals surface area (Å²) < 4.78 is 5.29. The monoisotopic (exact) mass is 355 g/mol. The summed E-state index contributed by atoms with van der Waals surface area (Å²) in [6, 6.07) is 11.8. The van der Waals surface area contributed by atoms with E-state index in [0.717, 1.165) is 22.7 Å². The van der Waals surface area contributed by atoms with E-state index in [1.165, 1.54) is 0 Å². The molecule has 1 N–H and O–H groups in total. The van der Waals surface area contributed by atoms with Gasteiger partial charge in [0.25, 0.3) is 0 Å².